The molecule has 1 saturated heterocycles. The Bertz CT molecular complexity index is 1780. The molecule has 1 aliphatic rings. The number of fused-ring (bicyclic) bond motifs is 1. The molecule has 0 atom stereocenters. The van der Waals surface area contributed by atoms with Gasteiger partial charge in [0, 0.05) is 0 Å². The first kappa shape index (κ1) is 28.3. The fraction of sp³-hybridized carbons (Fsp3) is 0.135. The van der Waals surface area contributed by atoms with Gasteiger partial charge in [-0.05, 0) is 69.9 Å². The van der Waals surface area contributed by atoms with Gasteiger partial charge in [0.15, 0.2) is 16.7 Å². The highest BCUT2D eigenvalue weighted by atomic mass is 32.2. The minimum Gasteiger partial charge on any atom is -0.490 e. The number of ether oxygens (including phenoxy) is 2. The Kier molecular flexibility index (Phi) is 8.85. The monoisotopic (exact) mass is 584 g/mol. The van der Waals surface area contributed by atoms with E-state index in [1.165, 1.54) is 22.5 Å². The second-order valence-corrected chi connectivity index (χ2v) is 11.1. The number of thioether (sulfide) groups is 1. The smallest absolute Gasteiger partial charge is 0.267 e. The summed E-state index contributed by atoms with van der Waals surface area (Å²) in [7, 11) is 0. The van der Waals surface area contributed by atoms with Gasteiger partial charge in [0.1, 0.15) is 6.61 Å². The fourth-order valence-electron chi connectivity index (χ4n) is 5.00. The first-order valence-electron chi connectivity index (χ1n) is 14.4. The lowest BCUT2D eigenvalue weighted by Gasteiger charge is -2.16. The number of aliphatic imine (C=N–C) groups is 1. The van der Waals surface area contributed by atoms with E-state index in [1.807, 2.05) is 104 Å². The summed E-state index contributed by atoms with van der Waals surface area (Å²) in [5.74, 6) is 1.25. The Morgan fingerprint density at radius 3 is 2.28 bits per heavy atom. The van der Waals surface area contributed by atoms with Crippen molar-refractivity contribution in [2.75, 3.05) is 6.61 Å². The number of carbonyl (C=O) groups excluding carboxylic acids is 1. The maximum Gasteiger partial charge on any atom is 0.267 e. The minimum atomic E-state index is -0.0603. The average Bonchev–Trinajstić information content (AvgIpc) is 3.33. The molecule has 6 rings (SSSR count). The first-order valence-corrected chi connectivity index (χ1v) is 15.2. The van der Waals surface area contributed by atoms with Crippen LogP contribution in [0.15, 0.2) is 131 Å². The van der Waals surface area contributed by atoms with E-state index >= 15 is 0 Å². The van der Waals surface area contributed by atoms with Gasteiger partial charge in [0.2, 0.25) is 0 Å². The molecule has 0 aliphatic carbocycles. The summed E-state index contributed by atoms with van der Waals surface area (Å²) in [6.07, 6.45) is 1.91. The Balaban J connectivity index is 1.25. The summed E-state index contributed by atoms with van der Waals surface area (Å²) in [4.78, 5) is 20.9. The predicted octanol–water partition coefficient (Wildman–Crippen LogP) is 8.49. The molecular weight excluding hydrogens is 552 g/mol. The van der Waals surface area contributed by atoms with Gasteiger partial charge in [-0.1, -0.05) is 109 Å². The number of hydrogen-bond donors (Lipinski definition) is 0. The van der Waals surface area contributed by atoms with E-state index in [9.17, 15) is 4.79 Å². The summed E-state index contributed by atoms with van der Waals surface area (Å²) in [6, 6.07) is 40.4. The fourth-order valence-corrected chi connectivity index (χ4v) is 5.98. The number of nitrogens with zero attached hydrogens (tertiary/aromatic N) is 2. The van der Waals surface area contributed by atoms with Crippen LogP contribution < -0.4 is 9.47 Å². The molecule has 0 bridgehead atoms. The third kappa shape index (κ3) is 6.82. The summed E-state index contributed by atoms with van der Waals surface area (Å²) in [6.45, 7) is 3.84. The van der Waals surface area contributed by atoms with Crippen molar-refractivity contribution in [3.8, 4) is 11.5 Å². The highest BCUT2D eigenvalue weighted by Gasteiger charge is 2.33. The molecule has 0 unspecified atom stereocenters. The molecule has 214 valence electrons. The molecule has 5 aromatic rings. The van der Waals surface area contributed by atoms with Gasteiger partial charge in [-0.3, -0.25) is 14.7 Å². The predicted molar refractivity (Wildman–Crippen MR) is 176 cm³/mol. The van der Waals surface area contributed by atoms with Crippen molar-refractivity contribution in [3.63, 3.8) is 0 Å². The highest BCUT2D eigenvalue weighted by molar-refractivity contribution is 8.18. The van der Waals surface area contributed by atoms with Crippen LogP contribution in [0.5, 0.6) is 11.5 Å². The topological polar surface area (TPSA) is 51.1 Å². The molecule has 1 heterocycles. The Hall–Kier alpha value is -4.81. The molecule has 0 spiro atoms. The minimum absolute atomic E-state index is 0.0603. The van der Waals surface area contributed by atoms with E-state index in [2.05, 4.69) is 30.3 Å². The summed E-state index contributed by atoms with van der Waals surface area (Å²) < 4.78 is 12.2. The largest absolute Gasteiger partial charge is 0.490 e. The van der Waals surface area contributed by atoms with Crippen LogP contribution in [0.25, 0.3) is 16.8 Å². The number of amides is 1. The number of hydrogen-bond acceptors (Lipinski definition) is 5. The van der Waals surface area contributed by atoms with Crippen molar-refractivity contribution >= 4 is 39.7 Å². The summed E-state index contributed by atoms with van der Waals surface area (Å²) in [5, 5.41) is 3.05. The van der Waals surface area contributed by atoms with E-state index in [-0.39, 0.29) is 5.91 Å². The molecular formula is C37H32N2O3S. The van der Waals surface area contributed by atoms with Gasteiger partial charge in [-0.2, -0.15) is 0 Å². The Labute approximate surface area is 256 Å². The molecule has 43 heavy (non-hydrogen) atoms. The normalized spacial score (nSPS) is 15.0. The summed E-state index contributed by atoms with van der Waals surface area (Å²) >= 11 is 1.41. The van der Waals surface area contributed by atoms with Gasteiger partial charge in [-0.15, -0.1) is 0 Å². The highest BCUT2D eigenvalue weighted by Crippen LogP contribution is 2.36. The van der Waals surface area contributed by atoms with Crippen molar-refractivity contribution < 1.29 is 14.3 Å². The molecule has 0 radical (unpaired) electrons. The second-order valence-electron chi connectivity index (χ2n) is 10.1. The molecule has 5 aromatic carbocycles. The molecule has 0 saturated carbocycles. The van der Waals surface area contributed by atoms with Crippen molar-refractivity contribution in [2.24, 2.45) is 4.99 Å². The van der Waals surface area contributed by atoms with Crippen molar-refractivity contribution in [1.82, 2.24) is 4.90 Å². The second kappa shape index (κ2) is 13.4. The average molecular weight is 585 g/mol. The molecule has 6 heteroatoms. The van der Waals surface area contributed by atoms with Crippen LogP contribution in [-0.4, -0.2) is 22.6 Å². The van der Waals surface area contributed by atoms with Gasteiger partial charge in [-0.25, -0.2) is 0 Å². The zero-order chi connectivity index (χ0) is 29.4. The lowest BCUT2D eigenvalue weighted by molar-refractivity contribution is -0.122. The van der Waals surface area contributed by atoms with Crippen LogP contribution in [0.3, 0.4) is 0 Å². The molecule has 1 amide bonds. The molecule has 1 aliphatic heterocycles. The SMILES string of the molecule is CCOc1cc(/C=C2/SC(=NCc3ccccc3)N(Cc3ccccc3)C2=O)ccc1OCc1cccc2ccccc12. The number of carbonyl (C=O) groups is 1. The number of amidine groups is 1. The molecule has 5 nitrogen and oxygen atoms in total. The number of benzene rings is 5. The first-order chi connectivity index (χ1) is 21.2. The lowest BCUT2D eigenvalue weighted by atomic mass is 10.1. The third-order valence-corrected chi connectivity index (χ3v) is 8.18. The van der Waals surface area contributed by atoms with Crippen molar-refractivity contribution in [3.05, 3.63) is 148 Å². The van der Waals surface area contributed by atoms with E-state index < -0.39 is 0 Å². The zero-order valence-corrected chi connectivity index (χ0v) is 24.8. The van der Waals surface area contributed by atoms with Gasteiger partial charge >= 0.3 is 0 Å². The van der Waals surface area contributed by atoms with Gasteiger partial charge in [0.05, 0.1) is 24.6 Å². The van der Waals surface area contributed by atoms with E-state index in [4.69, 9.17) is 14.5 Å². The van der Waals surface area contributed by atoms with Crippen molar-refractivity contribution in [1.29, 1.82) is 0 Å². The van der Waals surface area contributed by atoms with Crippen molar-refractivity contribution in [2.45, 2.75) is 26.6 Å². The number of rotatable bonds is 10. The van der Waals surface area contributed by atoms with E-state index in [0.717, 1.165) is 22.3 Å². The molecule has 0 N–H and O–H groups in total. The van der Waals surface area contributed by atoms with E-state index in [0.29, 0.717) is 47.9 Å². The Morgan fingerprint density at radius 2 is 1.49 bits per heavy atom. The lowest BCUT2D eigenvalue weighted by Crippen LogP contribution is -2.28. The maximum absolute atomic E-state index is 13.7. The molecule has 1 fully saturated rings. The van der Waals surface area contributed by atoms with Gasteiger partial charge < -0.3 is 9.47 Å². The third-order valence-electron chi connectivity index (χ3n) is 7.14. The standard InChI is InChI=1S/C37H32N2O3S/c1-2-41-34-22-29(20-21-33(34)42-26-31-18-11-17-30-16-9-10-19-32(30)31)23-35-36(40)39(25-28-14-7-4-8-15-28)37(43-35)38-24-27-12-5-3-6-13-27/h3-23H,2,24-26H2,1H3/b35-23+,38-37?. The summed E-state index contributed by atoms with van der Waals surface area (Å²) in [5.41, 5.74) is 4.12. The Morgan fingerprint density at radius 1 is 0.767 bits per heavy atom. The van der Waals surface area contributed by atoms with Crippen LogP contribution in [0.2, 0.25) is 0 Å². The molecule has 0 aromatic heterocycles. The van der Waals surface area contributed by atoms with Crippen LogP contribution in [-0.2, 0) is 24.5 Å². The van der Waals surface area contributed by atoms with E-state index in [1.54, 1.807) is 4.90 Å². The van der Waals surface area contributed by atoms with Crippen LogP contribution in [0, 0.1) is 0 Å². The van der Waals surface area contributed by atoms with Crippen LogP contribution >= 0.6 is 11.8 Å². The van der Waals surface area contributed by atoms with Crippen LogP contribution in [0.4, 0.5) is 0 Å². The zero-order valence-electron chi connectivity index (χ0n) is 24.0. The van der Waals surface area contributed by atoms with Crippen LogP contribution in [0.1, 0.15) is 29.2 Å². The quantitative estimate of drug-likeness (QED) is 0.155. The van der Waals surface area contributed by atoms with Gasteiger partial charge in [0.25, 0.3) is 5.91 Å². The maximum atomic E-state index is 13.7.